The van der Waals surface area contributed by atoms with Gasteiger partial charge < -0.3 is 10.1 Å². The summed E-state index contributed by atoms with van der Waals surface area (Å²) < 4.78 is 5.17. The van der Waals surface area contributed by atoms with E-state index < -0.39 is 0 Å². The first kappa shape index (κ1) is 16.0. The van der Waals surface area contributed by atoms with Crippen LogP contribution in [0.3, 0.4) is 0 Å². The van der Waals surface area contributed by atoms with E-state index >= 15 is 0 Å². The Bertz CT molecular complexity index is 609. The van der Waals surface area contributed by atoms with Gasteiger partial charge in [0.05, 0.1) is 12.0 Å². The molecule has 0 radical (unpaired) electrons. The van der Waals surface area contributed by atoms with Gasteiger partial charge in [-0.05, 0) is 29.7 Å². The predicted molar refractivity (Wildman–Crippen MR) is 86.0 cm³/mol. The van der Waals surface area contributed by atoms with Gasteiger partial charge in [-0.2, -0.15) is 0 Å². The standard InChI is InChI=1S/C17H20N2O3/c1-3-17(14-6-10-16(22-2)11-7-14)18-12-13-4-8-15(9-5-13)19(20)21/h4-11,17-18H,3,12H2,1-2H3/t17-/m1/s1. The van der Waals surface area contributed by atoms with Crippen molar-refractivity contribution in [3.8, 4) is 5.75 Å². The predicted octanol–water partition coefficient (Wildman–Crippen LogP) is 3.84. The van der Waals surface area contributed by atoms with Gasteiger partial charge in [0.15, 0.2) is 0 Å². The zero-order valence-corrected chi connectivity index (χ0v) is 12.8. The van der Waals surface area contributed by atoms with Crippen molar-refractivity contribution in [1.29, 1.82) is 0 Å². The Morgan fingerprint density at radius 3 is 2.27 bits per heavy atom. The van der Waals surface area contributed by atoms with Crippen molar-refractivity contribution in [3.05, 3.63) is 69.8 Å². The minimum absolute atomic E-state index is 0.117. The molecule has 5 heteroatoms. The zero-order chi connectivity index (χ0) is 15.9. The molecular formula is C17H20N2O3. The first-order valence-electron chi connectivity index (χ1n) is 7.24. The monoisotopic (exact) mass is 300 g/mol. The lowest BCUT2D eigenvalue weighted by molar-refractivity contribution is -0.384. The molecule has 0 fully saturated rings. The minimum atomic E-state index is -0.386. The fraction of sp³-hybridized carbons (Fsp3) is 0.294. The largest absolute Gasteiger partial charge is 0.497 e. The van der Waals surface area contributed by atoms with Gasteiger partial charge in [-0.15, -0.1) is 0 Å². The van der Waals surface area contributed by atoms with Crippen molar-refractivity contribution in [2.24, 2.45) is 0 Å². The number of nitro groups is 1. The number of methoxy groups -OCH3 is 1. The molecule has 1 N–H and O–H groups in total. The van der Waals surface area contributed by atoms with Gasteiger partial charge in [0, 0.05) is 24.7 Å². The van der Waals surface area contributed by atoms with E-state index in [4.69, 9.17) is 4.74 Å². The second-order valence-electron chi connectivity index (χ2n) is 5.04. The molecule has 0 aliphatic rings. The van der Waals surface area contributed by atoms with E-state index in [1.54, 1.807) is 19.2 Å². The third kappa shape index (κ3) is 4.05. The summed E-state index contributed by atoms with van der Waals surface area (Å²) in [5.74, 6) is 0.842. The molecule has 1 atom stereocenters. The lowest BCUT2D eigenvalue weighted by Gasteiger charge is -2.18. The molecule has 0 amide bonds. The van der Waals surface area contributed by atoms with Crippen LogP contribution in [0.1, 0.15) is 30.5 Å². The number of nitro benzene ring substituents is 1. The van der Waals surface area contributed by atoms with Crippen LogP contribution in [0.2, 0.25) is 0 Å². The molecule has 0 heterocycles. The molecule has 0 aromatic heterocycles. The van der Waals surface area contributed by atoms with Crippen molar-refractivity contribution in [2.75, 3.05) is 7.11 Å². The molecule has 2 aromatic rings. The maximum Gasteiger partial charge on any atom is 0.269 e. The van der Waals surface area contributed by atoms with Crippen LogP contribution in [0.25, 0.3) is 0 Å². The van der Waals surface area contributed by atoms with Gasteiger partial charge in [0.25, 0.3) is 5.69 Å². The topological polar surface area (TPSA) is 64.4 Å². The fourth-order valence-electron chi connectivity index (χ4n) is 2.31. The molecule has 0 bridgehead atoms. The maximum absolute atomic E-state index is 10.6. The van der Waals surface area contributed by atoms with Crippen molar-refractivity contribution in [2.45, 2.75) is 25.9 Å². The SMILES string of the molecule is CC[C@@H](NCc1ccc([N+](=O)[O-])cc1)c1ccc(OC)cc1. The molecule has 5 nitrogen and oxygen atoms in total. The molecule has 22 heavy (non-hydrogen) atoms. The average Bonchev–Trinajstić information content (AvgIpc) is 2.56. The van der Waals surface area contributed by atoms with E-state index in [9.17, 15) is 10.1 Å². The molecular weight excluding hydrogens is 280 g/mol. The van der Waals surface area contributed by atoms with Crippen molar-refractivity contribution >= 4 is 5.69 Å². The molecule has 0 saturated carbocycles. The second kappa shape index (κ2) is 7.56. The van der Waals surface area contributed by atoms with Crippen molar-refractivity contribution in [3.63, 3.8) is 0 Å². The van der Waals surface area contributed by atoms with Gasteiger partial charge in [0.2, 0.25) is 0 Å². The molecule has 2 aromatic carbocycles. The summed E-state index contributed by atoms with van der Waals surface area (Å²) in [6.45, 7) is 2.79. The number of nitrogens with one attached hydrogen (secondary N) is 1. The number of hydrogen-bond donors (Lipinski definition) is 1. The number of non-ortho nitro benzene ring substituents is 1. The van der Waals surface area contributed by atoms with E-state index in [1.807, 2.05) is 12.1 Å². The quantitative estimate of drug-likeness (QED) is 0.623. The molecule has 0 spiro atoms. The molecule has 2 rings (SSSR count). The zero-order valence-electron chi connectivity index (χ0n) is 12.8. The summed E-state index contributed by atoms with van der Waals surface area (Å²) in [7, 11) is 1.65. The van der Waals surface area contributed by atoms with Gasteiger partial charge in [-0.1, -0.05) is 31.2 Å². The average molecular weight is 300 g/mol. The number of rotatable bonds is 7. The molecule has 0 aliphatic carbocycles. The number of hydrogen-bond acceptors (Lipinski definition) is 4. The van der Waals surface area contributed by atoms with E-state index in [2.05, 4.69) is 24.4 Å². The van der Waals surface area contributed by atoms with Crippen LogP contribution in [0.4, 0.5) is 5.69 Å². The van der Waals surface area contributed by atoms with Crippen molar-refractivity contribution < 1.29 is 9.66 Å². The lowest BCUT2D eigenvalue weighted by Crippen LogP contribution is -2.20. The highest BCUT2D eigenvalue weighted by atomic mass is 16.6. The third-order valence-corrected chi connectivity index (χ3v) is 3.63. The van der Waals surface area contributed by atoms with Crippen LogP contribution in [0, 0.1) is 10.1 Å². The van der Waals surface area contributed by atoms with Gasteiger partial charge >= 0.3 is 0 Å². The molecule has 0 aliphatic heterocycles. The smallest absolute Gasteiger partial charge is 0.269 e. The molecule has 0 unspecified atom stereocenters. The van der Waals surface area contributed by atoms with Crippen LogP contribution in [0.5, 0.6) is 5.75 Å². The fourth-order valence-corrected chi connectivity index (χ4v) is 2.31. The van der Waals surface area contributed by atoms with Gasteiger partial charge in [-0.3, -0.25) is 10.1 Å². The van der Waals surface area contributed by atoms with E-state index in [0.29, 0.717) is 6.54 Å². The molecule has 0 saturated heterocycles. The Balaban J connectivity index is 1.99. The van der Waals surface area contributed by atoms with E-state index in [1.165, 1.54) is 17.7 Å². The Morgan fingerprint density at radius 1 is 1.14 bits per heavy atom. The first-order chi connectivity index (χ1) is 10.6. The normalized spacial score (nSPS) is 11.9. The van der Waals surface area contributed by atoms with Crippen LogP contribution in [-0.4, -0.2) is 12.0 Å². The summed E-state index contributed by atoms with van der Waals surface area (Å²) in [6, 6.07) is 14.9. The van der Waals surface area contributed by atoms with E-state index in [-0.39, 0.29) is 16.7 Å². The lowest BCUT2D eigenvalue weighted by atomic mass is 10.0. The Kier molecular flexibility index (Phi) is 5.49. The van der Waals surface area contributed by atoms with E-state index in [0.717, 1.165) is 17.7 Å². The highest BCUT2D eigenvalue weighted by Gasteiger charge is 2.09. The number of benzene rings is 2. The summed E-state index contributed by atoms with van der Waals surface area (Å²) in [6.07, 6.45) is 0.958. The highest BCUT2D eigenvalue weighted by Crippen LogP contribution is 2.21. The Hall–Kier alpha value is -2.40. The van der Waals surface area contributed by atoms with Crippen LogP contribution >= 0.6 is 0 Å². The van der Waals surface area contributed by atoms with Crippen LogP contribution < -0.4 is 10.1 Å². The van der Waals surface area contributed by atoms with Crippen molar-refractivity contribution in [1.82, 2.24) is 5.32 Å². The summed E-state index contributed by atoms with van der Waals surface area (Å²) in [4.78, 5) is 10.3. The third-order valence-electron chi connectivity index (χ3n) is 3.63. The van der Waals surface area contributed by atoms with Crippen LogP contribution in [-0.2, 0) is 6.54 Å². The summed E-state index contributed by atoms with van der Waals surface area (Å²) in [5, 5.41) is 14.1. The van der Waals surface area contributed by atoms with Gasteiger partial charge in [0.1, 0.15) is 5.75 Å². The number of ether oxygens (including phenoxy) is 1. The molecule has 116 valence electrons. The second-order valence-corrected chi connectivity index (χ2v) is 5.04. The Labute approximate surface area is 130 Å². The highest BCUT2D eigenvalue weighted by molar-refractivity contribution is 5.33. The van der Waals surface area contributed by atoms with Crippen LogP contribution in [0.15, 0.2) is 48.5 Å². The van der Waals surface area contributed by atoms with Gasteiger partial charge in [-0.25, -0.2) is 0 Å². The Morgan fingerprint density at radius 2 is 1.77 bits per heavy atom. The number of nitrogens with zero attached hydrogens (tertiary/aromatic N) is 1. The maximum atomic E-state index is 10.6. The first-order valence-corrected chi connectivity index (χ1v) is 7.24. The summed E-state index contributed by atoms with van der Waals surface area (Å²) in [5.41, 5.74) is 2.34. The minimum Gasteiger partial charge on any atom is -0.497 e. The summed E-state index contributed by atoms with van der Waals surface area (Å²) >= 11 is 0.